The van der Waals surface area contributed by atoms with Gasteiger partial charge < -0.3 is 5.73 Å². The number of rotatable bonds is 1. The first-order chi connectivity index (χ1) is 8.27. The molecule has 0 saturated carbocycles. The molecule has 0 radical (unpaired) electrons. The fraction of sp³-hybridized carbons (Fsp3) is 0.0769. The van der Waals surface area contributed by atoms with E-state index in [9.17, 15) is 0 Å². The number of aromatic nitrogens is 3. The molecule has 0 amide bonds. The zero-order valence-electron chi connectivity index (χ0n) is 9.46. The van der Waals surface area contributed by atoms with Crippen molar-refractivity contribution < 1.29 is 0 Å². The minimum absolute atomic E-state index is 0.711. The van der Waals surface area contributed by atoms with Gasteiger partial charge in [0.15, 0.2) is 11.5 Å². The highest BCUT2D eigenvalue weighted by Gasteiger charge is 2.10. The molecule has 0 aliphatic rings. The van der Waals surface area contributed by atoms with Gasteiger partial charge in [-0.15, -0.1) is 10.2 Å². The van der Waals surface area contributed by atoms with Crippen LogP contribution in [-0.2, 0) is 0 Å². The van der Waals surface area contributed by atoms with Crippen molar-refractivity contribution in [3.8, 4) is 11.4 Å². The Labute approximate surface area is 98.7 Å². The Bertz CT molecular complexity index is 685. The van der Waals surface area contributed by atoms with Gasteiger partial charge in [-0.05, 0) is 30.7 Å². The Morgan fingerprint density at radius 3 is 2.71 bits per heavy atom. The van der Waals surface area contributed by atoms with Crippen molar-refractivity contribution in [3.05, 3.63) is 48.2 Å². The summed E-state index contributed by atoms with van der Waals surface area (Å²) >= 11 is 0. The molecule has 0 aliphatic carbocycles. The second-order valence-electron chi connectivity index (χ2n) is 4.00. The molecule has 2 aromatic heterocycles. The Balaban J connectivity index is 2.33. The van der Waals surface area contributed by atoms with Crippen molar-refractivity contribution in [2.45, 2.75) is 6.92 Å². The molecule has 2 heterocycles. The van der Waals surface area contributed by atoms with E-state index in [2.05, 4.69) is 10.2 Å². The number of hydrogen-bond acceptors (Lipinski definition) is 3. The molecule has 4 heteroatoms. The van der Waals surface area contributed by atoms with Crippen LogP contribution in [0.5, 0.6) is 0 Å². The Morgan fingerprint density at radius 1 is 1.06 bits per heavy atom. The quantitative estimate of drug-likeness (QED) is 0.645. The standard InChI is InChI=1S/C13H12N4/c1-9-5-4-8-17-12(9)15-16-13(17)10-6-2-3-7-11(10)14/h2-8H,14H2,1H3. The first kappa shape index (κ1) is 9.84. The number of fused-ring (bicyclic) bond motifs is 1. The number of aryl methyl sites for hydroxylation is 1. The monoisotopic (exact) mass is 224 g/mol. The Morgan fingerprint density at radius 2 is 1.88 bits per heavy atom. The third kappa shape index (κ3) is 1.45. The van der Waals surface area contributed by atoms with E-state index < -0.39 is 0 Å². The van der Waals surface area contributed by atoms with E-state index in [0.717, 1.165) is 22.6 Å². The van der Waals surface area contributed by atoms with E-state index in [1.54, 1.807) is 0 Å². The van der Waals surface area contributed by atoms with Crippen LogP contribution in [0.4, 0.5) is 5.69 Å². The molecule has 0 fully saturated rings. The number of hydrogen-bond donors (Lipinski definition) is 1. The van der Waals surface area contributed by atoms with Gasteiger partial charge in [0.05, 0.1) is 0 Å². The van der Waals surface area contributed by atoms with Crippen LogP contribution in [0, 0.1) is 6.92 Å². The summed E-state index contributed by atoms with van der Waals surface area (Å²) in [6.45, 7) is 2.02. The average molecular weight is 224 g/mol. The summed E-state index contributed by atoms with van der Waals surface area (Å²) < 4.78 is 1.96. The first-order valence-electron chi connectivity index (χ1n) is 5.42. The van der Waals surface area contributed by atoms with Crippen molar-refractivity contribution in [3.63, 3.8) is 0 Å². The predicted molar refractivity (Wildman–Crippen MR) is 67.6 cm³/mol. The first-order valence-corrected chi connectivity index (χ1v) is 5.42. The second-order valence-corrected chi connectivity index (χ2v) is 4.00. The van der Waals surface area contributed by atoms with Crippen molar-refractivity contribution >= 4 is 11.3 Å². The zero-order valence-corrected chi connectivity index (χ0v) is 9.46. The van der Waals surface area contributed by atoms with Crippen LogP contribution in [0.3, 0.4) is 0 Å². The van der Waals surface area contributed by atoms with E-state index >= 15 is 0 Å². The Hall–Kier alpha value is -2.36. The van der Waals surface area contributed by atoms with Gasteiger partial charge in [-0.3, -0.25) is 4.40 Å². The van der Waals surface area contributed by atoms with E-state index in [1.165, 1.54) is 0 Å². The van der Waals surface area contributed by atoms with Gasteiger partial charge in [0, 0.05) is 17.4 Å². The van der Waals surface area contributed by atoms with Gasteiger partial charge in [-0.2, -0.15) is 0 Å². The van der Waals surface area contributed by atoms with Crippen molar-refractivity contribution in [2.75, 3.05) is 5.73 Å². The summed E-state index contributed by atoms with van der Waals surface area (Å²) in [5, 5.41) is 8.41. The van der Waals surface area contributed by atoms with Crippen LogP contribution < -0.4 is 5.73 Å². The topological polar surface area (TPSA) is 56.2 Å². The van der Waals surface area contributed by atoms with E-state index in [0.29, 0.717) is 5.69 Å². The predicted octanol–water partition coefficient (Wildman–Crippen LogP) is 2.29. The molecule has 2 N–H and O–H groups in total. The molecular formula is C13H12N4. The number of nitrogens with two attached hydrogens (primary N) is 1. The van der Waals surface area contributed by atoms with Gasteiger partial charge in [-0.25, -0.2) is 0 Å². The fourth-order valence-electron chi connectivity index (χ4n) is 1.93. The fourth-order valence-corrected chi connectivity index (χ4v) is 1.93. The lowest BCUT2D eigenvalue weighted by Gasteiger charge is -2.03. The molecule has 3 aromatic rings. The second kappa shape index (κ2) is 3.59. The zero-order chi connectivity index (χ0) is 11.8. The molecule has 0 aliphatic heterocycles. The third-order valence-corrected chi connectivity index (χ3v) is 2.83. The van der Waals surface area contributed by atoms with Crippen molar-refractivity contribution in [2.24, 2.45) is 0 Å². The van der Waals surface area contributed by atoms with Gasteiger partial charge in [-0.1, -0.05) is 18.2 Å². The number of nitrogens with zero attached hydrogens (tertiary/aromatic N) is 3. The molecule has 84 valence electrons. The number of nitrogen functional groups attached to an aromatic ring is 1. The lowest BCUT2D eigenvalue weighted by molar-refractivity contribution is 1.11. The molecule has 1 aromatic carbocycles. The van der Waals surface area contributed by atoms with Gasteiger partial charge in [0.2, 0.25) is 0 Å². The maximum Gasteiger partial charge on any atom is 0.170 e. The van der Waals surface area contributed by atoms with Crippen LogP contribution in [0.2, 0.25) is 0 Å². The molecule has 0 unspecified atom stereocenters. The SMILES string of the molecule is Cc1cccn2c(-c3ccccc3N)nnc12. The number of benzene rings is 1. The van der Waals surface area contributed by atoms with Crippen LogP contribution in [-0.4, -0.2) is 14.6 Å². The summed E-state index contributed by atoms with van der Waals surface area (Å²) in [5.74, 6) is 0.779. The molecule has 0 saturated heterocycles. The minimum Gasteiger partial charge on any atom is -0.398 e. The van der Waals surface area contributed by atoms with E-state index in [4.69, 9.17) is 5.73 Å². The smallest absolute Gasteiger partial charge is 0.170 e. The maximum absolute atomic E-state index is 5.96. The lowest BCUT2D eigenvalue weighted by Crippen LogP contribution is -1.94. The largest absolute Gasteiger partial charge is 0.398 e. The molecule has 4 nitrogen and oxygen atoms in total. The summed E-state index contributed by atoms with van der Waals surface area (Å²) in [5.41, 5.74) is 9.54. The number of pyridine rings is 1. The van der Waals surface area contributed by atoms with Crippen LogP contribution >= 0.6 is 0 Å². The van der Waals surface area contributed by atoms with Gasteiger partial charge in [0.1, 0.15) is 0 Å². The summed E-state index contributed by atoms with van der Waals surface area (Å²) in [7, 11) is 0. The van der Waals surface area contributed by atoms with Gasteiger partial charge in [0.25, 0.3) is 0 Å². The number of para-hydroxylation sites is 1. The minimum atomic E-state index is 0.711. The van der Waals surface area contributed by atoms with Crippen LogP contribution in [0.25, 0.3) is 17.0 Å². The highest BCUT2D eigenvalue weighted by Crippen LogP contribution is 2.24. The number of anilines is 1. The molecule has 0 atom stereocenters. The lowest BCUT2D eigenvalue weighted by atomic mass is 10.1. The molecule has 3 rings (SSSR count). The summed E-state index contributed by atoms with van der Waals surface area (Å²) in [4.78, 5) is 0. The average Bonchev–Trinajstić information content (AvgIpc) is 2.75. The van der Waals surface area contributed by atoms with Crippen LogP contribution in [0.15, 0.2) is 42.6 Å². The van der Waals surface area contributed by atoms with Crippen LogP contribution in [0.1, 0.15) is 5.56 Å². The highest BCUT2D eigenvalue weighted by molar-refractivity contribution is 5.73. The van der Waals surface area contributed by atoms with E-state index in [-0.39, 0.29) is 0 Å². The molecule has 0 bridgehead atoms. The third-order valence-electron chi connectivity index (χ3n) is 2.83. The van der Waals surface area contributed by atoms with Crippen molar-refractivity contribution in [1.82, 2.24) is 14.6 Å². The van der Waals surface area contributed by atoms with E-state index in [1.807, 2.05) is 53.9 Å². The Kier molecular flexibility index (Phi) is 2.08. The highest BCUT2D eigenvalue weighted by atomic mass is 15.2. The summed E-state index contributed by atoms with van der Waals surface area (Å²) in [6.07, 6.45) is 1.95. The van der Waals surface area contributed by atoms with Crippen molar-refractivity contribution in [1.29, 1.82) is 0 Å². The maximum atomic E-state index is 5.96. The molecule has 17 heavy (non-hydrogen) atoms. The van der Waals surface area contributed by atoms with Gasteiger partial charge >= 0.3 is 0 Å². The normalized spacial score (nSPS) is 10.9. The molecule has 0 spiro atoms. The molecular weight excluding hydrogens is 212 g/mol. The summed E-state index contributed by atoms with van der Waals surface area (Å²) in [6, 6.07) is 11.7.